The van der Waals surface area contributed by atoms with Gasteiger partial charge in [0.25, 0.3) is 10.0 Å². The number of rotatable bonds is 5. The zero-order valence-electron chi connectivity index (χ0n) is 14.8. The van der Waals surface area contributed by atoms with E-state index in [9.17, 15) is 8.42 Å². The van der Waals surface area contributed by atoms with Crippen molar-refractivity contribution in [2.75, 3.05) is 4.31 Å². The molecule has 0 radical (unpaired) electrons. The van der Waals surface area contributed by atoms with Crippen LogP contribution in [0.1, 0.15) is 18.1 Å². The molecule has 3 aromatic carbocycles. The van der Waals surface area contributed by atoms with Crippen molar-refractivity contribution in [3.8, 4) is 0 Å². The van der Waals surface area contributed by atoms with Gasteiger partial charge in [-0.05, 0) is 49.2 Å². The summed E-state index contributed by atoms with van der Waals surface area (Å²) >= 11 is 0. The first-order valence-electron chi connectivity index (χ1n) is 8.38. The summed E-state index contributed by atoms with van der Waals surface area (Å²) in [7, 11) is -3.72. The van der Waals surface area contributed by atoms with E-state index in [1.807, 2.05) is 74.5 Å². The summed E-state index contributed by atoms with van der Waals surface area (Å²) in [6.07, 6.45) is 1.68. The third kappa shape index (κ3) is 3.86. The molecular formula is C22H21NO2S. The van der Waals surface area contributed by atoms with Crippen LogP contribution >= 0.6 is 0 Å². The zero-order chi connectivity index (χ0) is 18.6. The van der Waals surface area contributed by atoms with Gasteiger partial charge in [0.2, 0.25) is 0 Å². The van der Waals surface area contributed by atoms with Gasteiger partial charge in [-0.15, -0.1) is 0 Å². The van der Waals surface area contributed by atoms with Crippen molar-refractivity contribution in [1.29, 1.82) is 0 Å². The minimum atomic E-state index is -3.72. The molecule has 0 aliphatic carbocycles. The van der Waals surface area contributed by atoms with Crippen LogP contribution in [0.4, 0.5) is 5.69 Å². The van der Waals surface area contributed by atoms with Crippen LogP contribution in [-0.4, -0.2) is 8.42 Å². The Morgan fingerprint density at radius 3 is 1.92 bits per heavy atom. The lowest BCUT2D eigenvalue weighted by molar-refractivity contribution is 0.596. The number of hydrogen-bond acceptors (Lipinski definition) is 2. The predicted molar refractivity (Wildman–Crippen MR) is 107 cm³/mol. The highest BCUT2D eigenvalue weighted by molar-refractivity contribution is 7.93. The Morgan fingerprint density at radius 2 is 1.35 bits per heavy atom. The van der Waals surface area contributed by atoms with Gasteiger partial charge < -0.3 is 0 Å². The highest BCUT2D eigenvalue weighted by Gasteiger charge is 2.23. The number of anilines is 1. The molecule has 3 nitrogen and oxygen atoms in total. The Bertz CT molecular complexity index is 993. The second-order valence-corrected chi connectivity index (χ2v) is 7.94. The summed E-state index contributed by atoms with van der Waals surface area (Å²) in [6.45, 7) is 3.85. The number of benzene rings is 3. The van der Waals surface area contributed by atoms with E-state index < -0.39 is 10.0 Å². The van der Waals surface area contributed by atoms with Gasteiger partial charge in [0.05, 0.1) is 10.6 Å². The fourth-order valence-corrected chi connectivity index (χ4v) is 4.04. The highest BCUT2D eigenvalue weighted by Crippen LogP contribution is 2.26. The Hall–Kier alpha value is -2.85. The van der Waals surface area contributed by atoms with Gasteiger partial charge in [0, 0.05) is 6.20 Å². The van der Waals surface area contributed by atoms with Crippen molar-refractivity contribution in [3.63, 3.8) is 0 Å². The number of aryl methyl sites for hydroxylation is 1. The van der Waals surface area contributed by atoms with Crippen molar-refractivity contribution in [1.82, 2.24) is 0 Å². The van der Waals surface area contributed by atoms with Gasteiger partial charge in [-0.3, -0.25) is 0 Å². The normalized spacial score (nSPS) is 12.0. The lowest BCUT2D eigenvalue weighted by atomic mass is 10.1. The molecule has 0 aromatic heterocycles. The Labute approximate surface area is 155 Å². The van der Waals surface area contributed by atoms with Crippen molar-refractivity contribution < 1.29 is 8.42 Å². The van der Waals surface area contributed by atoms with Crippen LogP contribution in [0.15, 0.2) is 96.0 Å². The minimum Gasteiger partial charge on any atom is -0.242 e. The van der Waals surface area contributed by atoms with E-state index in [1.165, 1.54) is 4.31 Å². The molecule has 0 amide bonds. The maximum absolute atomic E-state index is 13.3. The summed E-state index contributed by atoms with van der Waals surface area (Å²) in [5, 5.41) is 0. The van der Waals surface area contributed by atoms with Gasteiger partial charge in [0.15, 0.2) is 0 Å². The van der Waals surface area contributed by atoms with E-state index in [0.29, 0.717) is 5.69 Å². The van der Waals surface area contributed by atoms with E-state index in [4.69, 9.17) is 0 Å². The second-order valence-electron chi connectivity index (χ2n) is 6.13. The number of allylic oxidation sites excluding steroid dienone is 1. The molecule has 132 valence electrons. The zero-order valence-corrected chi connectivity index (χ0v) is 15.6. The second kappa shape index (κ2) is 7.58. The summed E-state index contributed by atoms with van der Waals surface area (Å²) in [6, 6.07) is 25.8. The van der Waals surface area contributed by atoms with Crippen molar-refractivity contribution in [3.05, 3.63) is 102 Å². The molecule has 26 heavy (non-hydrogen) atoms. The average Bonchev–Trinajstić information content (AvgIpc) is 2.67. The first-order valence-corrected chi connectivity index (χ1v) is 9.82. The smallest absolute Gasteiger partial charge is 0.242 e. The third-order valence-corrected chi connectivity index (χ3v) is 5.83. The molecule has 0 heterocycles. The summed E-state index contributed by atoms with van der Waals surface area (Å²) in [4.78, 5) is 0.268. The molecule has 3 aromatic rings. The largest absolute Gasteiger partial charge is 0.268 e. The molecule has 0 spiro atoms. The van der Waals surface area contributed by atoms with Gasteiger partial charge in [-0.2, -0.15) is 0 Å². The Kier molecular flexibility index (Phi) is 5.24. The molecule has 0 atom stereocenters. The highest BCUT2D eigenvalue weighted by atomic mass is 32.2. The van der Waals surface area contributed by atoms with Gasteiger partial charge in [-0.1, -0.05) is 66.2 Å². The van der Waals surface area contributed by atoms with Crippen LogP contribution in [0.2, 0.25) is 0 Å². The number of hydrogen-bond donors (Lipinski definition) is 0. The summed E-state index contributed by atoms with van der Waals surface area (Å²) in [5.74, 6) is 0. The topological polar surface area (TPSA) is 37.4 Å². The van der Waals surface area contributed by atoms with Gasteiger partial charge in [-0.25, -0.2) is 12.7 Å². The molecule has 0 aliphatic rings. The lowest BCUT2D eigenvalue weighted by Gasteiger charge is -2.22. The first-order chi connectivity index (χ1) is 12.5. The monoisotopic (exact) mass is 363 g/mol. The Morgan fingerprint density at radius 1 is 0.808 bits per heavy atom. The molecule has 0 bridgehead atoms. The van der Waals surface area contributed by atoms with E-state index in [1.54, 1.807) is 30.5 Å². The van der Waals surface area contributed by atoms with Crippen molar-refractivity contribution >= 4 is 21.3 Å². The number of sulfonamides is 1. The average molecular weight is 363 g/mol. The Balaban J connectivity index is 2.11. The maximum Gasteiger partial charge on any atom is 0.268 e. The fourth-order valence-electron chi connectivity index (χ4n) is 2.63. The van der Waals surface area contributed by atoms with Crippen LogP contribution in [0.25, 0.3) is 5.57 Å². The molecular weight excluding hydrogens is 342 g/mol. The molecule has 3 rings (SSSR count). The molecule has 0 saturated carbocycles. The van der Waals surface area contributed by atoms with Crippen molar-refractivity contribution in [2.45, 2.75) is 18.7 Å². The first kappa shape index (κ1) is 18.0. The minimum absolute atomic E-state index is 0.268. The molecule has 0 aliphatic heterocycles. The lowest BCUT2D eigenvalue weighted by Crippen LogP contribution is -2.26. The SMILES string of the molecule is CC(=CN(c1ccccc1)S(=O)(=O)c1ccc(C)cc1)c1ccccc1. The summed E-state index contributed by atoms with van der Waals surface area (Å²) < 4.78 is 27.9. The van der Waals surface area contributed by atoms with E-state index in [0.717, 1.165) is 16.7 Å². The van der Waals surface area contributed by atoms with Crippen LogP contribution < -0.4 is 4.31 Å². The molecule has 0 saturated heterocycles. The van der Waals surface area contributed by atoms with Crippen LogP contribution in [0.3, 0.4) is 0 Å². The summed E-state index contributed by atoms with van der Waals surface area (Å²) in [5.41, 5.74) is 3.47. The molecule has 0 unspecified atom stereocenters. The van der Waals surface area contributed by atoms with Gasteiger partial charge in [0.1, 0.15) is 0 Å². The third-order valence-electron chi connectivity index (χ3n) is 4.13. The van der Waals surface area contributed by atoms with Crippen LogP contribution in [-0.2, 0) is 10.0 Å². The maximum atomic E-state index is 13.3. The van der Waals surface area contributed by atoms with Crippen LogP contribution in [0, 0.1) is 6.92 Å². The van der Waals surface area contributed by atoms with E-state index in [2.05, 4.69) is 0 Å². The standard InChI is InChI=1S/C22H21NO2S/c1-18-13-15-22(16-14-18)26(24,25)23(21-11-7-4-8-12-21)17-19(2)20-9-5-3-6-10-20/h3-17H,1-2H3. The number of para-hydroxylation sites is 1. The molecule has 0 fully saturated rings. The predicted octanol–water partition coefficient (Wildman–Crippen LogP) is 5.25. The number of nitrogens with zero attached hydrogens (tertiary/aromatic N) is 1. The molecule has 4 heteroatoms. The van der Waals surface area contributed by atoms with Crippen molar-refractivity contribution in [2.24, 2.45) is 0 Å². The quantitative estimate of drug-likeness (QED) is 0.621. The molecule has 0 N–H and O–H groups in total. The van der Waals surface area contributed by atoms with Gasteiger partial charge >= 0.3 is 0 Å². The fraction of sp³-hybridized carbons (Fsp3) is 0.0909. The van der Waals surface area contributed by atoms with E-state index in [-0.39, 0.29) is 4.90 Å². The van der Waals surface area contributed by atoms with Crippen LogP contribution in [0.5, 0.6) is 0 Å². The van der Waals surface area contributed by atoms with E-state index >= 15 is 0 Å².